The Bertz CT molecular complexity index is 525. The number of nitrogens with one attached hydrogen (secondary N) is 2. The van der Waals surface area contributed by atoms with Gasteiger partial charge >= 0.3 is 0 Å². The summed E-state index contributed by atoms with van der Waals surface area (Å²) in [6, 6.07) is 0. The molecule has 3 rings (SSSR count). The first kappa shape index (κ1) is 13.4. The fraction of sp³-hybridized carbons (Fsp3) is 0.692. The van der Waals surface area contributed by atoms with Gasteiger partial charge in [-0.15, -0.1) is 0 Å². The summed E-state index contributed by atoms with van der Waals surface area (Å²) in [5, 5.41) is 3.33. The fourth-order valence-corrected chi connectivity index (χ4v) is 2.90. The second kappa shape index (κ2) is 5.41. The summed E-state index contributed by atoms with van der Waals surface area (Å²) in [6.45, 7) is 2.47. The minimum Gasteiger partial charge on any atom is -0.487 e. The van der Waals surface area contributed by atoms with Gasteiger partial charge in [-0.1, -0.05) is 0 Å². The lowest BCUT2D eigenvalue weighted by molar-refractivity contribution is -0.0206. The Kier molecular flexibility index (Phi) is 3.62. The van der Waals surface area contributed by atoms with Crippen LogP contribution in [-0.2, 0) is 4.74 Å². The van der Waals surface area contributed by atoms with Crippen molar-refractivity contribution in [1.82, 2.24) is 15.3 Å². The van der Waals surface area contributed by atoms with Crippen molar-refractivity contribution in [2.45, 2.75) is 31.0 Å². The highest BCUT2D eigenvalue weighted by Gasteiger charge is 2.42. The summed E-state index contributed by atoms with van der Waals surface area (Å²) >= 11 is 0. The first-order chi connectivity index (χ1) is 9.72. The van der Waals surface area contributed by atoms with Crippen LogP contribution in [0.5, 0.6) is 11.6 Å². The molecule has 0 bridgehead atoms. The van der Waals surface area contributed by atoms with Crippen LogP contribution in [-0.4, -0.2) is 48.5 Å². The lowest BCUT2D eigenvalue weighted by Crippen LogP contribution is -2.41. The molecule has 0 radical (unpaired) electrons. The molecule has 2 N–H and O–H groups in total. The first-order valence-electron chi connectivity index (χ1n) is 6.85. The maximum absolute atomic E-state index is 11.6. The minimum absolute atomic E-state index is 0.0790. The van der Waals surface area contributed by atoms with Crippen LogP contribution in [0.2, 0.25) is 0 Å². The van der Waals surface area contributed by atoms with Crippen LogP contribution in [0.4, 0.5) is 0 Å². The number of ether oxygens (including phenoxy) is 3. The zero-order chi connectivity index (χ0) is 14.0. The Labute approximate surface area is 116 Å². The van der Waals surface area contributed by atoms with Crippen molar-refractivity contribution in [1.29, 1.82) is 0 Å². The van der Waals surface area contributed by atoms with Crippen LogP contribution in [0.25, 0.3) is 0 Å². The lowest BCUT2D eigenvalue weighted by atomic mass is 9.89. The average Bonchev–Trinajstić information content (AvgIpc) is 2.82. The minimum atomic E-state index is -0.340. The molecule has 2 aliphatic rings. The zero-order valence-electron chi connectivity index (χ0n) is 11.5. The molecule has 1 unspecified atom stereocenters. The maximum atomic E-state index is 11.6. The summed E-state index contributed by atoms with van der Waals surface area (Å²) in [5.41, 5.74) is -0.419. The molecule has 1 aromatic heterocycles. The van der Waals surface area contributed by atoms with Crippen LogP contribution in [0.15, 0.2) is 11.1 Å². The molecule has 2 saturated heterocycles. The van der Waals surface area contributed by atoms with E-state index in [9.17, 15) is 4.79 Å². The highest BCUT2D eigenvalue weighted by atomic mass is 16.6. The third-order valence-electron chi connectivity index (χ3n) is 3.95. The summed E-state index contributed by atoms with van der Waals surface area (Å²) in [7, 11) is 1.43. The van der Waals surface area contributed by atoms with Gasteiger partial charge in [0, 0.05) is 6.42 Å². The van der Waals surface area contributed by atoms with Crippen molar-refractivity contribution in [3.8, 4) is 11.6 Å². The topological polar surface area (TPSA) is 85.5 Å². The van der Waals surface area contributed by atoms with Gasteiger partial charge in [-0.25, -0.2) is 4.98 Å². The molecule has 20 heavy (non-hydrogen) atoms. The summed E-state index contributed by atoms with van der Waals surface area (Å²) < 4.78 is 16.8. The number of aromatic amines is 1. The molecule has 7 nitrogen and oxygen atoms in total. The third kappa shape index (κ3) is 2.51. The van der Waals surface area contributed by atoms with E-state index >= 15 is 0 Å². The number of aromatic nitrogens is 2. The first-order valence-corrected chi connectivity index (χ1v) is 6.85. The van der Waals surface area contributed by atoms with Gasteiger partial charge in [0.15, 0.2) is 0 Å². The Morgan fingerprint density at radius 2 is 2.25 bits per heavy atom. The number of hydrogen-bond acceptors (Lipinski definition) is 6. The number of H-pyrrole nitrogens is 1. The highest BCUT2D eigenvalue weighted by molar-refractivity contribution is 5.29. The second-order valence-electron chi connectivity index (χ2n) is 5.26. The second-order valence-corrected chi connectivity index (χ2v) is 5.26. The van der Waals surface area contributed by atoms with Gasteiger partial charge in [0.25, 0.3) is 11.4 Å². The van der Waals surface area contributed by atoms with Crippen molar-refractivity contribution in [3.63, 3.8) is 0 Å². The summed E-state index contributed by atoms with van der Waals surface area (Å²) in [6.07, 6.45) is 4.04. The molecule has 7 heteroatoms. The number of nitrogens with zero attached hydrogens (tertiary/aromatic N) is 1. The van der Waals surface area contributed by atoms with Gasteiger partial charge in [0.05, 0.1) is 25.6 Å². The largest absolute Gasteiger partial charge is 0.487 e. The molecular weight excluding hydrogens is 262 g/mol. The summed E-state index contributed by atoms with van der Waals surface area (Å²) in [5.74, 6) is 0.342. The van der Waals surface area contributed by atoms with E-state index in [2.05, 4.69) is 15.3 Å². The normalized spacial score (nSPS) is 24.8. The molecule has 1 atom stereocenters. The van der Waals surface area contributed by atoms with Gasteiger partial charge in [0.1, 0.15) is 6.10 Å². The average molecular weight is 281 g/mol. The SMILES string of the molecule is COc1c(OC2COC3(CCNCC3)C2)nc[nH]c1=O. The molecule has 0 aromatic carbocycles. The molecule has 110 valence electrons. The third-order valence-corrected chi connectivity index (χ3v) is 3.95. The zero-order valence-corrected chi connectivity index (χ0v) is 11.5. The van der Waals surface area contributed by atoms with Gasteiger partial charge in [-0.2, -0.15) is 0 Å². The quantitative estimate of drug-likeness (QED) is 0.815. The number of hydrogen-bond donors (Lipinski definition) is 2. The molecule has 3 heterocycles. The van der Waals surface area contributed by atoms with E-state index in [0.29, 0.717) is 6.61 Å². The van der Waals surface area contributed by atoms with Gasteiger partial charge in [-0.3, -0.25) is 4.79 Å². The van der Waals surface area contributed by atoms with E-state index < -0.39 is 0 Å². The van der Waals surface area contributed by atoms with Crippen LogP contribution in [0, 0.1) is 0 Å². The van der Waals surface area contributed by atoms with Crippen LogP contribution in [0.1, 0.15) is 19.3 Å². The number of piperidine rings is 1. The van der Waals surface area contributed by atoms with Gasteiger partial charge in [-0.05, 0) is 25.9 Å². The molecule has 0 saturated carbocycles. The molecule has 1 spiro atoms. The Morgan fingerprint density at radius 1 is 1.45 bits per heavy atom. The molecule has 0 amide bonds. The predicted octanol–water partition coefficient (Wildman–Crippen LogP) is 0.0684. The van der Waals surface area contributed by atoms with Crippen molar-refractivity contribution in [3.05, 3.63) is 16.7 Å². The van der Waals surface area contributed by atoms with Crippen LogP contribution in [0.3, 0.4) is 0 Å². The van der Waals surface area contributed by atoms with Crippen molar-refractivity contribution in [2.75, 3.05) is 26.8 Å². The maximum Gasteiger partial charge on any atom is 0.297 e. The van der Waals surface area contributed by atoms with E-state index in [4.69, 9.17) is 14.2 Å². The van der Waals surface area contributed by atoms with Crippen molar-refractivity contribution in [2.24, 2.45) is 0 Å². The Balaban J connectivity index is 1.70. The molecule has 0 aliphatic carbocycles. The van der Waals surface area contributed by atoms with Gasteiger partial charge in [0.2, 0.25) is 5.75 Å². The summed E-state index contributed by atoms with van der Waals surface area (Å²) in [4.78, 5) is 18.1. The fourth-order valence-electron chi connectivity index (χ4n) is 2.90. The van der Waals surface area contributed by atoms with Crippen LogP contribution >= 0.6 is 0 Å². The van der Waals surface area contributed by atoms with E-state index in [1.807, 2.05) is 0 Å². The highest BCUT2D eigenvalue weighted by Crippen LogP contribution is 2.36. The van der Waals surface area contributed by atoms with Gasteiger partial charge < -0.3 is 24.5 Å². The molecular formula is C13H19N3O4. The van der Waals surface area contributed by atoms with Crippen LogP contribution < -0.4 is 20.3 Å². The van der Waals surface area contributed by atoms with Crippen molar-refractivity contribution >= 4 is 0 Å². The molecule has 2 fully saturated rings. The lowest BCUT2D eigenvalue weighted by Gasteiger charge is -2.32. The standard InChI is InChI=1S/C13H19N3O4/c1-18-10-11(17)15-8-16-12(10)20-9-6-13(19-7-9)2-4-14-5-3-13/h8-9,14H,2-7H2,1H3,(H,15,16,17). The predicted molar refractivity (Wildman–Crippen MR) is 71.2 cm³/mol. The van der Waals surface area contributed by atoms with E-state index in [0.717, 1.165) is 32.4 Å². The smallest absolute Gasteiger partial charge is 0.297 e. The molecule has 1 aromatic rings. The van der Waals surface area contributed by atoms with Crippen molar-refractivity contribution < 1.29 is 14.2 Å². The van der Waals surface area contributed by atoms with E-state index in [-0.39, 0.29) is 28.9 Å². The van der Waals surface area contributed by atoms with E-state index in [1.54, 1.807) is 0 Å². The number of methoxy groups -OCH3 is 1. The van der Waals surface area contributed by atoms with E-state index in [1.165, 1.54) is 13.4 Å². The molecule has 2 aliphatic heterocycles. The Morgan fingerprint density at radius 3 is 3.00 bits per heavy atom. The number of rotatable bonds is 3. The Hall–Kier alpha value is -1.60. The monoisotopic (exact) mass is 281 g/mol.